The molecule has 8 nitrogen and oxygen atoms in total. The zero-order valence-corrected chi connectivity index (χ0v) is 21.1. The van der Waals surface area contributed by atoms with Crippen molar-refractivity contribution in [2.24, 2.45) is 0 Å². The molecule has 0 aliphatic carbocycles. The second-order valence-corrected chi connectivity index (χ2v) is 9.78. The van der Waals surface area contributed by atoms with Gasteiger partial charge in [0.1, 0.15) is 30.3 Å². The van der Waals surface area contributed by atoms with Gasteiger partial charge in [0.2, 0.25) is 5.76 Å². The van der Waals surface area contributed by atoms with E-state index in [4.69, 9.17) is 4.74 Å². The predicted molar refractivity (Wildman–Crippen MR) is 135 cm³/mol. The van der Waals surface area contributed by atoms with Gasteiger partial charge in [-0.2, -0.15) is 0 Å². The highest BCUT2D eigenvalue weighted by atomic mass is 127. The molecule has 0 amide bonds. The van der Waals surface area contributed by atoms with Crippen LogP contribution >= 0.6 is 22.6 Å². The van der Waals surface area contributed by atoms with Crippen molar-refractivity contribution in [2.75, 3.05) is 18.1 Å². The minimum absolute atomic E-state index is 0.0584. The summed E-state index contributed by atoms with van der Waals surface area (Å²) in [5.41, 5.74) is 1.33. The molecule has 182 valence electrons. The first kappa shape index (κ1) is 24.2. The van der Waals surface area contributed by atoms with Gasteiger partial charge >= 0.3 is 0 Å². The van der Waals surface area contributed by atoms with Crippen LogP contribution in [0.1, 0.15) is 24.5 Å². The molecule has 10 heteroatoms. The monoisotopic (exact) mass is 600 g/mol. The average molecular weight is 600 g/mol. The van der Waals surface area contributed by atoms with Crippen LogP contribution in [-0.2, 0) is 30.3 Å². The molecular formula is C26H18FIN2O6. The molecule has 1 aromatic carbocycles. The van der Waals surface area contributed by atoms with Crippen LogP contribution in [0.5, 0.6) is 0 Å². The fourth-order valence-corrected chi connectivity index (χ4v) is 6.10. The number of anilines is 1. The van der Waals surface area contributed by atoms with Gasteiger partial charge in [0.05, 0.1) is 33.1 Å². The van der Waals surface area contributed by atoms with E-state index in [0.717, 1.165) is 6.29 Å². The van der Waals surface area contributed by atoms with Crippen LogP contribution in [0.15, 0.2) is 56.3 Å². The first-order chi connectivity index (χ1) is 17.3. The Hall–Kier alpha value is -3.52. The highest BCUT2D eigenvalue weighted by Crippen LogP contribution is 2.49. The first-order valence-corrected chi connectivity index (χ1v) is 12.2. The summed E-state index contributed by atoms with van der Waals surface area (Å²) in [5, 5.41) is 11.1. The molecule has 36 heavy (non-hydrogen) atoms. The normalized spacial score (nSPS) is 24.2. The maximum Gasteiger partial charge on any atom is 0.216 e. The SMILES string of the molecule is CC[C@@]1(O)C(=C=O)OCC2=C1C=CN(CC1=C(I)C(=C=O)c3cc(F)cc4c3N1C(C=O)C4)C2=C=O. The molecule has 0 saturated heterocycles. The van der Waals surface area contributed by atoms with Gasteiger partial charge in [0.25, 0.3) is 0 Å². The molecule has 1 N–H and O–H groups in total. The molecule has 1 unspecified atom stereocenters. The summed E-state index contributed by atoms with van der Waals surface area (Å²) in [6.07, 6.45) is 4.33. The standard InChI is InChI=1S/C26H18FIN2O6/c1-2-26(35)20-3-4-29(22(11-33)19(20)13-36-23(26)12-34)8-21-24(28)18(10-32)17-7-15(27)5-14-6-16(9-31)30(21)25(14)17/h3-5,7,9,16,35H,2,6,8,13H2,1H3/t16?,26-/m0/s1. The molecule has 1 aromatic rings. The fraction of sp³-hybridized carbons (Fsp3) is 0.269. The van der Waals surface area contributed by atoms with Crippen LogP contribution in [0.25, 0.3) is 5.57 Å². The van der Waals surface area contributed by atoms with Crippen LogP contribution in [0.4, 0.5) is 10.1 Å². The van der Waals surface area contributed by atoms with E-state index in [0.29, 0.717) is 37.2 Å². The second-order valence-electron chi connectivity index (χ2n) is 8.70. The molecule has 0 bridgehead atoms. The van der Waals surface area contributed by atoms with Crippen molar-refractivity contribution < 1.29 is 33.4 Å². The Morgan fingerprint density at radius 1 is 1.28 bits per heavy atom. The van der Waals surface area contributed by atoms with Crippen molar-refractivity contribution >= 4 is 58.0 Å². The molecule has 4 heterocycles. The molecule has 4 aliphatic rings. The lowest BCUT2D eigenvalue weighted by Crippen LogP contribution is -2.43. The Kier molecular flexibility index (Phi) is 5.95. The maximum absolute atomic E-state index is 14.3. The third-order valence-electron chi connectivity index (χ3n) is 6.97. The molecular weight excluding hydrogens is 582 g/mol. The number of halogens is 2. The number of rotatable bonds is 4. The van der Waals surface area contributed by atoms with Crippen molar-refractivity contribution in [3.63, 3.8) is 0 Å². The first-order valence-electron chi connectivity index (χ1n) is 11.1. The van der Waals surface area contributed by atoms with E-state index in [1.165, 1.54) is 12.1 Å². The smallest absolute Gasteiger partial charge is 0.216 e. The van der Waals surface area contributed by atoms with E-state index < -0.39 is 17.5 Å². The van der Waals surface area contributed by atoms with Gasteiger partial charge in [-0.3, -0.25) is 0 Å². The number of hydrogen-bond donors (Lipinski definition) is 1. The zero-order valence-electron chi connectivity index (χ0n) is 18.9. The number of ether oxygens (including phenoxy) is 1. The lowest BCUT2D eigenvalue weighted by Gasteiger charge is -2.40. The predicted octanol–water partition coefficient (Wildman–Crippen LogP) is 2.36. The average Bonchev–Trinajstić information content (AvgIpc) is 3.25. The molecule has 0 radical (unpaired) electrons. The minimum atomic E-state index is -1.73. The summed E-state index contributed by atoms with van der Waals surface area (Å²) in [5.74, 6) is 4.70. The van der Waals surface area contributed by atoms with Crippen molar-refractivity contribution in [2.45, 2.75) is 31.4 Å². The number of carbonyl (C=O) groups excluding carboxylic acids is 4. The van der Waals surface area contributed by atoms with Gasteiger partial charge in [-0.25, -0.2) is 18.8 Å². The van der Waals surface area contributed by atoms with E-state index >= 15 is 0 Å². The quantitative estimate of drug-likeness (QED) is 0.320. The van der Waals surface area contributed by atoms with E-state index in [1.807, 2.05) is 34.5 Å². The van der Waals surface area contributed by atoms with E-state index in [9.17, 15) is 28.7 Å². The van der Waals surface area contributed by atoms with Crippen LogP contribution in [0.3, 0.4) is 0 Å². The summed E-state index contributed by atoms with van der Waals surface area (Å²) in [7, 11) is 0. The topological polar surface area (TPSA) is 104 Å². The van der Waals surface area contributed by atoms with Gasteiger partial charge in [-0.15, -0.1) is 0 Å². The van der Waals surface area contributed by atoms with Gasteiger partial charge in [-0.05, 0) is 52.8 Å². The molecule has 0 spiro atoms. The van der Waals surface area contributed by atoms with E-state index in [2.05, 4.69) is 0 Å². The molecule has 2 atom stereocenters. The molecule has 0 saturated carbocycles. The Balaban J connectivity index is 1.60. The Labute approximate surface area is 218 Å². The summed E-state index contributed by atoms with van der Waals surface area (Å²) >= 11 is 1.97. The van der Waals surface area contributed by atoms with Crippen LogP contribution in [0.2, 0.25) is 0 Å². The molecule has 0 aromatic heterocycles. The van der Waals surface area contributed by atoms with Gasteiger partial charge in [-0.1, -0.05) is 6.92 Å². The van der Waals surface area contributed by atoms with Crippen molar-refractivity contribution in [3.8, 4) is 0 Å². The van der Waals surface area contributed by atoms with Crippen LogP contribution in [0, 0.1) is 5.82 Å². The van der Waals surface area contributed by atoms with Crippen LogP contribution < -0.4 is 4.90 Å². The third-order valence-corrected chi connectivity index (χ3v) is 8.13. The zero-order chi connectivity index (χ0) is 25.8. The third kappa shape index (κ3) is 3.31. The number of hydrogen-bond acceptors (Lipinski definition) is 8. The van der Waals surface area contributed by atoms with Crippen molar-refractivity contribution in [1.82, 2.24) is 4.90 Å². The number of nitrogens with zero attached hydrogens (tertiary/aromatic N) is 2. The lowest BCUT2D eigenvalue weighted by molar-refractivity contribution is -0.108. The Bertz CT molecular complexity index is 1470. The van der Waals surface area contributed by atoms with Crippen LogP contribution in [-0.4, -0.2) is 58.9 Å². The van der Waals surface area contributed by atoms with Gasteiger partial charge < -0.3 is 24.4 Å². The minimum Gasteiger partial charge on any atom is -0.479 e. The second kappa shape index (κ2) is 8.85. The number of allylic oxidation sites excluding steroid dienone is 2. The summed E-state index contributed by atoms with van der Waals surface area (Å²) in [6.45, 7) is 1.59. The number of aliphatic hydroxyl groups is 1. The number of carbonyl (C=O) groups is 1. The maximum atomic E-state index is 14.3. The van der Waals surface area contributed by atoms with E-state index in [1.54, 1.807) is 34.9 Å². The largest absolute Gasteiger partial charge is 0.479 e. The Morgan fingerprint density at radius 2 is 2.06 bits per heavy atom. The summed E-state index contributed by atoms with van der Waals surface area (Å²) in [4.78, 5) is 50.8. The summed E-state index contributed by atoms with van der Waals surface area (Å²) < 4.78 is 20.2. The molecule has 0 fully saturated rings. The summed E-state index contributed by atoms with van der Waals surface area (Å²) in [6, 6.07) is 1.99. The van der Waals surface area contributed by atoms with E-state index in [-0.39, 0.29) is 43.0 Å². The number of benzene rings is 1. The molecule has 4 aliphatic heterocycles. The van der Waals surface area contributed by atoms with Crippen molar-refractivity contribution in [1.29, 1.82) is 0 Å². The van der Waals surface area contributed by atoms with Crippen molar-refractivity contribution in [3.05, 3.63) is 73.2 Å². The van der Waals surface area contributed by atoms with Gasteiger partial charge in [0.15, 0.2) is 17.5 Å². The highest BCUT2D eigenvalue weighted by molar-refractivity contribution is 14.1. The Morgan fingerprint density at radius 3 is 2.69 bits per heavy atom. The molecule has 5 rings (SSSR count). The number of aldehydes is 1. The van der Waals surface area contributed by atoms with Gasteiger partial charge in [0, 0.05) is 29.3 Å². The lowest BCUT2D eigenvalue weighted by atomic mass is 9.81. The fourth-order valence-electron chi connectivity index (χ4n) is 5.26. The highest BCUT2D eigenvalue weighted by Gasteiger charge is 2.45.